The molecule has 0 aromatic heterocycles. The highest BCUT2D eigenvalue weighted by atomic mass is 35.7. The van der Waals surface area contributed by atoms with Gasteiger partial charge in [0, 0.05) is 21.5 Å². The normalized spacial score (nSPS) is 12.2. The van der Waals surface area contributed by atoms with Gasteiger partial charge in [-0.25, -0.2) is 16.8 Å². The number of sulfonamides is 1. The number of nitrogens with one attached hydrogen (secondary N) is 1. The molecular weight excluding hydrogens is 436 g/mol. The summed E-state index contributed by atoms with van der Waals surface area (Å²) in [5, 5.41) is 18.1. The first-order chi connectivity index (χ1) is 13.6. The Labute approximate surface area is 171 Å². The largest absolute Gasteiger partial charge is 0.283 e. The summed E-state index contributed by atoms with van der Waals surface area (Å²) >= 11 is 0. The Balaban J connectivity index is 2.20. The summed E-state index contributed by atoms with van der Waals surface area (Å²) in [6.45, 7) is 0. The van der Waals surface area contributed by atoms with E-state index in [9.17, 15) is 16.8 Å². The van der Waals surface area contributed by atoms with Crippen LogP contribution in [0, 0.1) is 11.3 Å². The van der Waals surface area contributed by atoms with Crippen LogP contribution in [0.5, 0.6) is 0 Å². The lowest BCUT2D eigenvalue weighted by Gasteiger charge is -2.11. The van der Waals surface area contributed by atoms with E-state index >= 15 is 0 Å². The van der Waals surface area contributed by atoms with Crippen molar-refractivity contribution in [2.24, 2.45) is 10.2 Å². The van der Waals surface area contributed by atoms with Crippen LogP contribution in [0.1, 0.15) is 5.56 Å². The van der Waals surface area contributed by atoms with Gasteiger partial charge in [0.25, 0.3) is 9.05 Å². The number of nitriles is 1. The van der Waals surface area contributed by atoms with Crippen LogP contribution in [0.4, 0.5) is 17.1 Å². The highest BCUT2D eigenvalue weighted by molar-refractivity contribution is 8.13. The molecule has 1 N–H and O–H groups in total. The van der Waals surface area contributed by atoms with Crippen LogP contribution in [0.15, 0.2) is 69.7 Å². The zero-order valence-corrected chi connectivity index (χ0v) is 17.3. The Morgan fingerprint density at radius 2 is 1.62 bits per heavy atom. The van der Waals surface area contributed by atoms with Gasteiger partial charge in [0.1, 0.15) is 11.8 Å². The molecule has 0 radical (unpaired) electrons. The molecule has 0 heterocycles. The maximum Gasteiger partial charge on any atom is 0.261 e. The number of halogens is 1. The summed E-state index contributed by atoms with van der Waals surface area (Å²) in [6, 6.07) is 15.6. The number of anilines is 1. The van der Waals surface area contributed by atoms with Gasteiger partial charge in [-0.15, -0.1) is 10.2 Å². The average molecular weight is 449 g/mol. The lowest BCUT2D eigenvalue weighted by Crippen LogP contribution is -2.09. The van der Waals surface area contributed by atoms with Gasteiger partial charge in [0.05, 0.1) is 28.1 Å². The summed E-state index contributed by atoms with van der Waals surface area (Å²) in [7, 11) is -2.22. The first-order valence-electron chi connectivity index (χ1n) is 7.98. The number of azo groups is 1. The molecule has 148 valence electrons. The van der Waals surface area contributed by atoms with E-state index in [1.165, 1.54) is 30.3 Å². The Morgan fingerprint density at radius 1 is 0.931 bits per heavy atom. The maximum atomic E-state index is 11.7. The second-order valence-electron chi connectivity index (χ2n) is 5.98. The van der Waals surface area contributed by atoms with Crippen LogP contribution < -0.4 is 4.72 Å². The molecule has 0 unspecified atom stereocenters. The number of rotatable bonds is 5. The quantitative estimate of drug-likeness (QED) is 0.456. The van der Waals surface area contributed by atoms with E-state index in [0.717, 1.165) is 6.26 Å². The second-order valence-corrected chi connectivity index (χ2v) is 10.3. The van der Waals surface area contributed by atoms with Crippen molar-refractivity contribution in [3.8, 4) is 6.07 Å². The van der Waals surface area contributed by atoms with Crippen LogP contribution in [0.3, 0.4) is 0 Å². The van der Waals surface area contributed by atoms with E-state index in [2.05, 4.69) is 15.0 Å². The molecule has 0 spiro atoms. The summed E-state index contributed by atoms with van der Waals surface area (Å²) in [5.74, 6) is 0. The first kappa shape index (κ1) is 20.7. The molecule has 0 fully saturated rings. The lowest BCUT2D eigenvalue weighted by atomic mass is 10.1. The van der Waals surface area contributed by atoms with E-state index in [0.29, 0.717) is 22.3 Å². The minimum absolute atomic E-state index is 0.168. The van der Waals surface area contributed by atoms with Gasteiger partial charge in [-0.2, -0.15) is 5.26 Å². The molecule has 8 nitrogen and oxygen atoms in total. The van der Waals surface area contributed by atoms with Gasteiger partial charge < -0.3 is 0 Å². The molecule has 3 aromatic carbocycles. The Kier molecular flexibility index (Phi) is 5.57. The molecule has 0 aliphatic rings. The van der Waals surface area contributed by atoms with Crippen molar-refractivity contribution in [3.05, 3.63) is 60.2 Å². The van der Waals surface area contributed by atoms with Gasteiger partial charge in [0.15, 0.2) is 0 Å². The van der Waals surface area contributed by atoms with E-state index < -0.39 is 19.1 Å². The number of benzene rings is 3. The minimum Gasteiger partial charge on any atom is -0.283 e. The predicted octanol–water partition coefficient (Wildman–Crippen LogP) is 4.43. The van der Waals surface area contributed by atoms with Crippen LogP contribution >= 0.6 is 10.7 Å². The molecule has 0 saturated heterocycles. The van der Waals surface area contributed by atoms with Gasteiger partial charge in [-0.1, -0.05) is 18.2 Å². The summed E-state index contributed by atoms with van der Waals surface area (Å²) in [4.78, 5) is -0.188. The van der Waals surface area contributed by atoms with Crippen molar-refractivity contribution >= 4 is 57.6 Å². The molecule has 0 atom stereocenters. The van der Waals surface area contributed by atoms with Crippen LogP contribution in [-0.4, -0.2) is 23.1 Å². The molecule has 3 aromatic rings. The predicted molar refractivity (Wildman–Crippen MR) is 111 cm³/mol. The summed E-state index contributed by atoms with van der Waals surface area (Å²) in [5.41, 5.74) is 1.22. The highest BCUT2D eigenvalue weighted by Gasteiger charge is 2.15. The van der Waals surface area contributed by atoms with Gasteiger partial charge in [-0.3, -0.25) is 4.72 Å². The zero-order valence-electron chi connectivity index (χ0n) is 14.9. The Morgan fingerprint density at radius 3 is 2.28 bits per heavy atom. The Bertz CT molecular complexity index is 1400. The molecule has 0 saturated carbocycles. The van der Waals surface area contributed by atoms with Crippen molar-refractivity contribution in [1.82, 2.24) is 0 Å². The molecule has 3 rings (SSSR count). The van der Waals surface area contributed by atoms with E-state index in [1.807, 2.05) is 6.07 Å². The van der Waals surface area contributed by atoms with Crippen LogP contribution in [-0.2, 0) is 19.1 Å². The number of hydrogen-bond donors (Lipinski definition) is 1. The van der Waals surface area contributed by atoms with Crippen molar-refractivity contribution in [2.75, 3.05) is 11.0 Å². The molecule has 0 bridgehead atoms. The average Bonchev–Trinajstić information content (AvgIpc) is 2.65. The van der Waals surface area contributed by atoms with Crippen molar-refractivity contribution in [2.45, 2.75) is 4.90 Å². The second kappa shape index (κ2) is 7.79. The molecule has 0 amide bonds. The standard InChI is InChI=1S/C18H13ClN4O4S2/c1-28(24,25)23-18-9-8-17(22-21-16-5-3-2-4-12(16)11-20)14-7-6-13(10-15(14)18)29(19,26)27/h2-10,23H,1H3/b22-21+. The molecule has 29 heavy (non-hydrogen) atoms. The Hall–Kier alpha value is -3.00. The fourth-order valence-corrected chi connectivity index (χ4v) is 3.96. The fourth-order valence-electron chi connectivity index (χ4n) is 2.60. The number of nitrogens with zero attached hydrogens (tertiary/aromatic N) is 3. The van der Waals surface area contributed by atoms with Crippen LogP contribution in [0.25, 0.3) is 10.8 Å². The van der Waals surface area contributed by atoms with Crippen molar-refractivity contribution < 1.29 is 16.8 Å². The monoisotopic (exact) mass is 448 g/mol. The van der Waals surface area contributed by atoms with Gasteiger partial charge in [-0.05, 0) is 36.4 Å². The third-order valence-electron chi connectivity index (χ3n) is 3.83. The maximum absolute atomic E-state index is 11.7. The van der Waals surface area contributed by atoms with Crippen molar-refractivity contribution in [3.63, 3.8) is 0 Å². The van der Waals surface area contributed by atoms with Crippen LogP contribution in [0.2, 0.25) is 0 Å². The number of fused-ring (bicyclic) bond motifs is 1. The molecule has 0 aliphatic carbocycles. The first-order valence-corrected chi connectivity index (χ1v) is 12.2. The van der Waals surface area contributed by atoms with Gasteiger partial charge >= 0.3 is 0 Å². The summed E-state index contributed by atoms with van der Waals surface area (Å²) in [6.07, 6.45) is 0.980. The van der Waals surface area contributed by atoms with E-state index in [-0.39, 0.29) is 16.0 Å². The third-order valence-corrected chi connectivity index (χ3v) is 5.77. The SMILES string of the molecule is CS(=O)(=O)Nc1ccc(/N=N/c2ccccc2C#N)c2ccc(S(=O)(=O)Cl)cc12. The summed E-state index contributed by atoms with van der Waals surface area (Å²) < 4.78 is 49.1. The lowest BCUT2D eigenvalue weighted by molar-refractivity contribution is 0.606. The van der Waals surface area contributed by atoms with E-state index in [1.54, 1.807) is 24.3 Å². The van der Waals surface area contributed by atoms with Crippen molar-refractivity contribution in [1.29, 1.82) is 5.26 Å². The smallest absolute Gasteiger partial charge is 0.261 e. The van der Waals surface area contributed by atoms with Gasteiger partial charge in [0.2, 0.25) is 10.0 Å². The minimum atomic E-state index is -4.03. The van der Waals surface area contributed by atoms with E-state index in [4.69, 9.17) is 15.9 Å². The fraction of sp³-hybridized carbons (Fsp3) is 0.0556. The molecule has 11 heteroatoms. The topological polar surface area (TPSA) is 129 Å². The molecular formula is C18H13ClN4O4S2. The third kappa shape index (κ3) is 4.89. The molecule has 0 aliphatic heterocycles. The highest BCUT2D eigenvalue weighted by Crippen LogP contribution is 2.35. The number of hydrogen-bond acceptors (Lipinski definition) is 7. The zero-order chi connectivity index (χ0) is 21.2.